The molecule has 0 bridgehead atoms. The highest BCUT2D eigenvalue weighted by molar-refractivity contribution is 5.93. The van der Waals surface area contributed by atoms with Gasteiger partial charge < -0.3 is 16.8 Å². The normalized spacial score (nSPS) is 10.6. The highest BCUT2D eigenvalue weighted by Crippen LogP contribution is 2.27. The number of nitriles is 1. The molecule has 28 heavy (non-hydrogen) atoms. The van der Waals surface area contributed by atoms with Crippen molar-refractivity contribution in [2.24, 2.45) is 0 Å². The first-order chi connectivity index (χ1) is 13.5. The van der Waals surface area contributed by atoms with Crippen molar-refractivity contribution in [3.63, 3.8) is 0 Å². The van der Waals surface area contributed by atoms with Crippen LogP contribution in [0.25, 0.3) is 22.2 Å². The third-order valence-electron chi connectivity index (χ3n) is 4.29. The zero-order chi connectivity index (χ0) is 19.7. The lowest BCUT2D eigenvalue weighted by atomic mass is 10.1. The van der Waals surface area contributed by atoms with Crippen LogP contribution in [0.4, 0.5) is 23.1 Å². The molecule has 4 aromatic rings. The number of benzene rings is 2. The maximum atomic E-state index is 8.94. The number of rotatable bonds is 3. The highest BCUT2D eigenvalue weighted by atomic mass is 15.1. The molecule has 0 radical (unpaired) electrons. The molecule has 0 fully saturated rings. The van der Waals surface area contributed by atoms with Crippen molar-refractivity contribution in [3.05, 3.63) is 65.9 Å². The number of nitrogens with zero attached hydrogens (tertiary/aromatic N) is 4. The molecule has 0 aliphatic rings. The fourth-order valence-electron chi connectivity index (χ4n) is 3.01. The minimum Gasteiger partial charge on any atom is -0.398 e. The molecule has 0 atom stereocenters. The zero-order valence-electron chi connectivity index (χ0n) is 15.1. The van der Waals surface area contributed by atoms with Crippen molar-refractivity contribution in [1.29, 1.82) is 5.26 Å². The first-order valence-corrected chi connectivity index (χ1v) is 8.61. The lowest BCUT2D eigenvalue weighted by molar-refractivity contribution is 1.19. The molecule has 5 N–H and O–H groups in total. The maximum absolute atomic E-state index is 8.94. The Morgan fingerprint density at radius 3 is 2.46 bits per heavy atom. The summed E-state index contributed by atoms with van der Waals surface area (Å²) in [6.07, 6.45) is 0. The lowest BCUT2D eigenvalue weighted by Crippen LogP contribution is -2.02. The van der Waals surface area contributed by atoms with Crippen LogP contribution in [0, 0.1) is 18.3 Å². The summed E-state index contributed by atoms with van der Waals surface area (Å²) >= 11 is 0. The van der Waals surface area contributed by atoms with E-state index in [9.17, 15) is 0 Å². The number of hydrogen-bond acceptors (Lipinski definition) is 7. The molecular weight excluding hydrogens is 350 g/mol. The van der Waals surface area contributed by atoms with Crippen LogP contribution in [0.5, 0.6) is 0 Å². The third kappa shape index (κ3) is 3.39. The van der Waals surface area contributed by atoms with E-state index in [2.05, 4.69) is 26.3 Å². The van der Waals surface area contributed by atoms with Crippen molar-refractivity contribution in [1.82, 2.24) is 15.0 Å². The van der Waals surface area contributed by atoms with Gasteiger partial charge in [0.15, 0.2) is 0 Å². The Bertz CT molecular complexity index is 1220. The van der Waals surface area contributed by atoms with Crippen molar-refractivity contribution >= 4 is 34.0 Å². The van der Waals surface area contributed by atoms with Crippen molar-refractivity contribution < 1.29 is 0 Å². The van der Waals surface area contributed by atoms with Gasteiger partial charge in [0.1, 0.15) is 5.82 Å². The van der Waals surface area contributed by atoms with Gasteiger partial charge in [0, 0.05) is 34.1 Å². The monoisotopic (exact) mass is 367 g/mol. The van der Waals surface area contributed by atoms with Crippen LogP contribution in [0.2, 0.25) is 0 Å². The smallest absolute Gasteiger partial charge is 0.222 e. The first-order valence-electron chi connectivity index (χ1n) is 8.61. The molecule has 0 unspecified atom stereocenters. The molecule has 7 nitrogen and oxygen atoms in total. The quantitative estimate of drug-likeness (QED) is 0.503. The summed E-state index contributed by atoms with van der Waals surface area (Å²) in [5, 5.41) is 13.1. The van der Waals surface area contributed by atoms with Crippen LogP contribution in [0.15, 0.2) is 54.6 Å². The van der Waals surface area contributed by atoms with E-state index in [0.717, 1.165) is 27.8 Å². The van der Waals surface area contributed by atoms with Crippen LogP contribution >= 0.6 is 0 Å². The van der Waals surface area contributed by atoms with Gasteiger partial charge in [0.05, 0.1) is 22.8 Å². The molecule has 2 aromatic heterocycles. The second kappa shape index (κ2) is 6.85. The Morgan fingerprint density at radius 1 is 0.929 bits per heavy atom. The second-order valence-electron chi connectivity index (χ2n) is 6.40. The Morgan fingerprint density at radius 2 is 1.71 bits per heavy atom. The molecule has 2 aromatic carbocycles. The predicted molar refractivity (Wildman–Crippen MR) is 111 cm³/mol. The van der Waals surface area contributed by atoms with Gasteiger partial charge in [0.2, 0.25) is 5.95 Å². The maximum Gasteiger partial charge on any atom is 0.222 e. The largest absolute Gasteiger partial charge is 0.398 e. The lowest BCUT2D eigenvalue weighted by Gasteiger charge is -2.10. The fourth-order valence-corrected chi connectivity index (χ4v) is 3.01. The minimum absolute atomic E-state index is 0.155. The van der Waals surface area contributed by atoms with E-state index in [1.165, 1.54) is 0 Å². The molecule has 4 rings (SSSR count). The minimum atomic E-state index is 0.155. The van der Waals surface area contributed by atoms with E-state index in [1.54, 1.807) is 18.2 Å². The van der Waals surface area contributed by atoms with Gasteiger partial charge in [-0.15, -0.1) is 0 Å². The average molecular weight is 367 g/mol. The molecule has 2 heterocycles. The molecule has 0 aliphatic carbocycles. The Hall–Kier alpha value is -4.18. The van der Waals surface area contributed by atoms with Crippen molar-refractivity contribution in [2.45, 2.75) is 6.92 Å². The molecule has 7 heteroatoms. The molecule has 136 valence electrons. The van der Waals surface area contributed by atoms with Crippen LogP contribution in [0.1, 0.15) is 11.3 Å². The van der Waals surface area contributed by atoms with Gasteiger partial charge in [-0.25, -0.2) is 4.98 Å². The van der Waals surface area contributed by atoms with Gasteiger partial charge in [-0.1, -0.05) is 12.1 Å². The fraction of sp³-hybridized carbons (Fsp3) is 0.0476. The number of anilines is 4. The molecule has 0 spiro atoms. The Kier molecular flexibility index (Phi) is 4.22. The van der Waals surface area contributed by atoms with Crippen molar-refractivity contribution in [2.75, 3.05) is 16.8 Å². The number of pyridine rings is 1. The molecular formula is C21H17N7. The number of nitrogens with two attached hydrogens (primary N) is 2. The van der Waals surface area contributed by atoms with Gasteiger partial charge >= 0.3 is 0 Å². The van der Waals surface area contributed by atoms with Gasteiger partial charge in [-0.05, 0) is 43.3 Å². The number of nitrogens with one attached hydrogen (secondary N) is 1. The van der Waals surface area contributed by atoms with Crippen LogP contribution in [-0.4, -0.2) is 15.0 Å². The summed E-state index contributed by atoms with van der Waals surface area (Å²) in [6, 6.07) is 18.6. The van der Waals surface area contributed by atoms with Crippen molar-refractivity contribution in [3.8, 4) is 17.3 Å². The summed E-state index contributed by atoms with van der Waals surface area (Å²) in [7, 11) is 0. The van der Waals surface area contributed by atoms with E-state index in [1.807, 2.05) is 43.3 Å². The van der Waals surface area contributed by atoms with E-state index in [4.69, 9.17) is 16.7 Å². The summed E-state index contributed by atoms with van der Waals surface area (Å²) in [5.41, 5.74) is 17.3. The number of aryl methyl sites for hydroxylation is 1. The molecule has 0 saturated carbocycles. The second-order valence-corrected chi connectivity index (χ2v) is 6.40. The van der Waals surface area contributed by atoms with Crippen LogP contribution in [0.3, 0.4) is 0 Å². The number of aromatic nitrogens is 3. The molecule has 0 saturated heterocycles. The standard InChI is InChI=1S/C21H17N7/c1-12-8-17(23)16-9-15(6-7-18(16)25-12)26-20-10-19(27-21(24)28-20)14-4-2-13(11-22)3-5-14/h2-10H,1H3,(H2,23,25)(H3,24,26,27,28). The number of nitrogen functional groups attached to an aromatic ring is 2. The summed E-state index contributed by atoms with van der Waals surface area (Å²) < 4.78 is 0. The summed E-state index contributed by atoms with van der Waals surface area (Å²) in [5.74, 6) is 0.715. The highest BCUT2D eigenvalue weighted by Gasteiger charge is 2.08. The number of fused-ring (bicyclic) bond motifs is 1. The van der Waals surface area contributed by atoms with Crippen LogP contribution in [-0.2, 0) is 0 Å². The van der Waals surface area contributed by atoms with E-state index in [-0.39, 0.29) is 5.95 Å². The first kappa shape index (κ1) is 17.2. The van der Waals surface area contributed by atoms with Gasteiger partial charge in [0.25, 0.3) is 0 Å². The zero-order valence-corrected chi connectivity index (χ0v) is 15.1. The van der Waals surface area contributed by atoms with E-state index >= 15 is 0 Å². The Balaban J connectivity index is 1.69. The Labute approximate surface area is 161 Å². The average Bonchev–Trinajstić information content (AvgIpc) is 2.68. The van der Waals surface area contributed by atoms with Gasteiger partial charge in [-0.2, -0.15) is 10.2 Å². The van der Waals surface area contributed by atoms with E-state index < -0.39 is 0 Å². The van der Waals surface area contributed by atoms with Gasteiger partial charge in [-0.3, -0.25) is 4.98 Å². The topological polar surface area (TPSA) is 127 Å². The molecule has 0 aliphatic heterocycles. The summed E-state index contributed by atoms with van der Waals surface area (Å²) in [4.78, 5) is 13.0. The van der Waals surface area contributed by atoms with Crippen LogP contribution < -0.4 is 16.8 Å². The predicted octanol–water partition coefficient (Wildman–Crippen LogP) is 3.78. The summed E-state index contributed by atoms with van der Waals surface area (Å²) in [6.45, 7) is 1.91. The third-order valence-corrected chi connectivity index (χ3v) is 4.29. The molecule has 0 amide bonds. The SMILES string of the molecule is Cc1cc(N)c2cc(Nc3cc(-c4ccc(C#N)cc4)nc(N)n3)ccc2n1. The number of hydrogen-bond donors (Lipinski definition) is 3. The van der Waals surface area contributed by atoms with E-state index in [0.29, 0.717) is 22.8 Å².